The first-order valence-electron chi connectivity index (χ1n) is 16.7. The smallest absolute Gasteiger partial charge is 0.221 e. The standard InChI is InChI=1S/C32H66N4O2/c1-3-5-7-9-11-13-15-17-19-21-25-35-31(37)23-27-33-29-30-34-28-24-32(38)36-26-22-20-18-16-14-12-10-8-6-4-2/h33-34H,3-30H2,1-2H3,(H,35,37)(H,36,38). The molecule has 0 atom stereocenters. The van der Waals surface area contributed by atoms with Gasteiger partial charge in [0.25, 0.3) is 0 Å². The Labute approximate surface area is 237 Å². The summed E-state index contributed by atoms with van der Waals surface area (Å²) in [5, 5.41) is 12.7. The molecule has 0 rings (SSSR count). The Balaban J connectivity index is 3.25. The van der Waals surface area contributed by atoms with Crippen molar-refractivity contribution in [3.63, 3.8) is 0 Å². The molecular formula is C32H66N4O2. The predicted molar refractivity (Wildman–Crippen MR) is 165 cm³/mol. The van der Waals surface area contributed by atoms with Gasteiger partial charge < -0.3 is 21.3 Å². The van der Waals surface area contributed by atoms with E-state index in [9.17, 15) is 9.59 Å². The van der Waals surface area contributed by atoms with Crippen LogP contribution in [0.25, 0.3) is 0 Å². The number of amides is 2. The van der Waals surface area contributed by atoms with E-state index in [2.05, 4.69) is 35.1 Å². The summed E-state index contributed by atoms with van der Waals surface area (Å²) < 4.78 is 0. The van der Waals surface area contributed by atoms with Crippen LogP contribution in [-0.2, 0) is 9.59 Å². The van der Waals surface area contributed by atoms with Gasteiger partial charge in [-0.3, -0.25) is 9.59 Å². The van der Waals surface area contributed by atoms with Crippen LogP contribution < -0.4 is 21.3 Å². The van der Waals surface area contributed by atoms with Crippen molar-refractivity contribution in [3.05, 3.63) is 0 Å². The summed E-state index contributed by atoms with van der Waals surface area (Å²) in [5.41, 5.74) is 0. The van der Waals surface area contributed by atoms with E-state index >= 15 is 0 Å². The third kappa shape index (κ3) is 31.1. The first-order valence-corrected chi connectivity index (χ1v) is 16.7. The second-order valence-electron chi connectivity index (χ2n) is 11.1. The van der Waals surface area contributed by atoms with Crippen LogP contribution in [0.5, 0.6) is 0 Å². The van der Waals surface area contributed by atoms with Gasteiger partial charge in [0.1, 0.15) is 0 Å². The van der Waals surface area contributed by atoms with E-state index in [-0.39, 0.29) is 11.8 Å². The van der Waals surface area contributed by atoms with Crippen molar-refractivity contribution in [1.82, 2.24) is 21.3 Å². The Bertz CT molecular complexity index is 458. The molecule has 0 saturated carbocycles. The zero-order chi connectivity index (χ0) is 27.8. The molecule has 0 heterocycles. The Morgan fingerprint density at radius 1 is 0.368 bits per heavy atom. The van der Waals surface area contributed by atoms with Crippen LogP contribution in [0.15, 0.2) is 0 Å². The van der Waals surface area contributed by atoms with E-state index in [1.54, 1.807) is 0 Å². The number of hydrogen-bond acceptors (Lipinski definition) is 4. The second kappa shape index (κ2) is 32.1. The van der Waals surface area contributed by atoms with Crippen LogP contribution in [0.1, 0.15) is 155 Å². The lowest BCUT2D eigenvalue weighted by atomic mass is 10.1. The van der Waals surface area contributed by atoms with Crippen molar-refractivity contribution in [2.75, 3.05) is 39.3 Å². The molecule has 38 heavy (non-hydrogen) atoms. The molecule has 0 aliphatic carbocycles. The fourth-order valence-corrected chi connectivity index (χ4v) is 4.69. The van der Waals surface area contributed by atoms with Crippen LogP contribution in [0.2, 0.25) is 0 Å². The minimum Gasteiger partial charge on any atom is -0.356 e. The highest BCUT2D eigenvalue weighted by molar-refractivity contribution is 5.76. The normalized spacial score (nSPS) is 11.1. The molecule has 6 nitrogen and oxygen atoms in total. The van der Waals surface area contributed by atoms with Crippen molar-refractivity contribution >= 4 is 11.8 Å². The molecule has 0 unspecified atom stereocenters. The van der Waals surface area contributed by atoms with Crippen LogP contribution >= 0.6 is 0 Å². The molecule has 0 radical (unpaired) electrons. The lowest BCUT2D eigenvalue weighted by molar-refractivity contribution is -0.121. The quantitative estimate of drug-likeness (QED) is 0.0715. The predicted octanol–water partition coefficient (Wildman–Crippen LogP) is 7.02. The Hall–Kier alpha value is -1.14. The highest BCUT2D eigenvalue weighted by atomic mass is 16.2. The van der Waals surface area contributed by atoms with Crippen LogP contribution in [0.4, 0.5) is 0 Å². The average molecular weight is 539 g/mol. The van der Waals surface area contributed by atoms with E-state index in [4.69, 9.17) is 0 Å². The van der Waals surface area contributed by atoms with Gasteiger partial charge in [0, 0.05) is 52.1 Å². The van der Waals surface area contributed by atoms with E-state index in [1.807, 2.05) is 0 Å². The summed E-state index contributed by atoms with van der Waals surface area (Å²) in [6.45, 7) is 9.15. The van der Waals surface area contributed by atoms with Gasteiger partial charge in [-0.1, -0.05) is 129 Å². The molecule has 226 valence electrons. The van der Waals surface area contributed by atoms with Gasteiger partial charge in [-0.2, -0.15) is 0 Å². The lowest BCUT2D eigenvalue weighted by Crippen LogP contribution is -2.33. The van der Waals surface area contributed by atoms with Gasteiger partial charge in [-0.25, -0.2) is 0 Å². The summed E-state index contributed by atoms with van der Waals surface area (Å²) in [6.07, 6.45) is 27.4. The topological polar surface area (TPSA) is 82.3 Å². The minimum atomic E-state index is 0.139. The number of rotatable bonds is 31. The van der Waals surface area contributed by atoms with E-state index in [0.29, 0.717) is 25.9 Å². The van der Waals surface area contributed by atoms with Crippen molar-refractivity contribution in [2.45, 2.75) is 155 Å². The van der Waals surface area contributed by atoms with Gasteiger partial charge in [0.05, 0.1) is 0 Å². The fourth-order valence-electron chi connectivity index (χ4n) is 4.69. The highest BCUT2D eigenvalue weighted by Crippen LogP contribution is 2.11. The molecule has 4 N–H and O–H groups in total. The molecule has 0 aliphatic heterocycles. The molecule has 0 aromatic rings. The monoisotopic (exact) mass is 539 g/mol. The van der Waals surface area contributed by atoms with Gasteiger partial charge >= 0.3 is 0 Å². The van der Waals surface area contributed by atoms with Crippen molar-refractivity contribution in [3.8, 4) is 0 Å². The van der Waals surface area contributed by atoms with Crippen molar-refractivity contribution < 1.29 is 9.59 Å². The summed E-state index contributed by atoms with van der Waals surface area (Å²) in [5.74, 6) is 0.279. The summed E-state index contributed by atoms with van der Waals surface area (Å²) in [4.78, 5) is 23.8. The van der Waals surface area contributed by atoms with Crippen molar-refractivity contribution in [1.29, 1.82) is 0 Å². The molecule has 0 saturated heterocycles. The summed E-state index contributed by atoms with van der Waals surface area (Å²) in [7, 11) is 0. The zero-order valence-corrected chi connectivity index (χ0v) is 25.6. The molecule has 0 aromatic heterocycles. The van der Waals surface area contributed by atoms with Crippen molar-refractivity contribution in [2.24, 2.45) is 0 Å². The molecule has 0 fully saturated rings. The molecule has 0 spiro atoms. The molecular weight excluding hydrogens is 472 g/mol. The zero-order valence-electron chi connectivity index (χ0n) is 25.6. The molecule has 0 bridgehead atoms. The molecule has 0 aromatic carbocycles. The molecule has 6 heteroatoms. The van der Waals surface area contributed by atoms with Crippen LogP contribution in [0, 0.1) is 0 Å². The van der Waals surface area contributed by atoms with Crippen LogP contribution in [-0.4, -0.2) is 51.1 Å². The van der Waals surface area contributed by atoms with Crippen LogP contribution in [0.3, 0.4) is 0 Å². The Morgan fingerprint density at radius 2 is 0.658 bits per heavy atom. The maximum absolute atomic E-state index is 11.9. The van der Waals surface area contributed by atoms with Gasteiger partial charge in [0.2, 0.25) is 11.8 Å². The number of hydrogen-bond donors (Lipinski definition) is 4. The fraction of sp³-hybridized carbons (Fsp3) is 0.938. The van der Waals surface area contributed by atoms with Gasteiger partial charge in [-0.05, 0) is 12.8 Å². The number of unbranched alkanes of at least 4 members (excludes halogenated alkanes) is 18. The highest BCUT2D eigenvalue weighted by Gasteiger charge is 2.02. The second-order valence-corrected chi connectivity index (χ2v) is 11.1. The average Bonchev–Trinajstić information content (AvgIpc) is 2.91. The third-order valence-electron chi connectivity index (χ3n) is 7.24. The maximum atomic E-state index is 11.9. The Morgan fingerprint density at radius 3 is 0.974 bits per heavy atom. The largest absolute Gasteiger partial charge is 0.356 e. The van der Waals surface area contributed by atoms with E-state index in [0.717, 1.165) is 39.0 Å². The first kappa shape index (κ1) is 36.9. The maximum Gasteiger partial charge on any atom is 0.221 e. The van der Waals surface area contributed by atoms with Gasteiger partial charge in [0.15, 0.2) is 0 Å². The van der Waals surface area contributed by atoms with E-state index in [1.165, 1.54) is 116 Å². The number of carbonyl (C=O) groups excluding carboxylic acids is 2. The minimum absolute atomic E-state index is 0.139. The number of nitrogens with one attached hydrogen (secondary N) is 4. The lowest BCUT2D eigenvalue weighted by Gasteiger charge is -2.08. The molecule has 0 aliphatic rings. The Kier molecular flexibility index (Phi) is 31.1. The van der Waals surface area contributed by atoms with Gasteiger partial charge in [-0.15, -0.1) is 0 Å². The van der Waals surface area contributed by atoms with E-state index < -0.39 is 0 Å². The first-order chi connectivity index (χ1) is 18.7. The summed E-state index contributed by atoms with van der Waals surface area (Å²) >= 11 is 0. The SMILES string of the molecule is CCCCCCCCCCCCNC(=O)CCNCCNCCC(=O)NCCCCCCCCCCCC. The third-order valence-corrected chi connectivity index (χ3v) is 7.24. The number of carbonyl (C=O) groups is 2. The summed E-state index contributed by atoms with van der Waals surface area (Å²) in [6, 6.07) is 0. The molecule has 2 amide bonds.